The first-order valence-corrected chi connectivity index (χ1v) is 9.44. The van der Waals surface area contributed by atoms with Crippen molar-refractivity contribution < 1.29 is 9.18 Å². The van der Waals surface area contributed by atoms with Crippen LogP contribution in [-0.4, -0.2) is 41.4 Å². The lowest BCUT2D eigenvalue weighted by Crippen LogP contribution is -2.50. The molecule has 0 bridgehead atoms. The lowest BCUT2D eigenvalue weighted by atomic mass is 9.94. The van der Waals surface area contributed by atoms with E-state index in [1.165, 1.54) is 11.6 Å². The molecule has 2 aromatic rings. The van der Waals surface area contributed by atoms with Gasteiger partial charge in [-0.3, -0.25) is 9.69 Å². The molecular formula is C22H25FN2O. The van der Waals surface area contributed by atoms with Crippen molar-refractivity contribution in [2.45, 2.75) is 37.8 Å². The Morgan fingerprint density at radius 3 is 2.65 bits per heavy atom. The fourth-order valence-electron chi connectivity index (χ4n) is 4.87. The molecule has 2 aromatic carbocycles. The number of halogens is 1. The number of amides is 1. The zero-order chi connectivity index (χ0) is 18.3. The molecule has 0 aliphatic carbocycles. The van der Waals surface area contributed by atoms with Gasteiger partial charge in [0.15, 0.2) is 0 Å². The maximum absolute atomic E-state index is 14.2. The van der Waals surface area contributed by atoms with E-state index in [2.05, 4.69) is 24.0 Å². The Morgan fingerprint density at radius 1 is 1.15 bits per heavy atom. The molecule has 1 amide bonds. The number of carbonyl (C=O) groups excluding carboxylic acids is 1. The zero-order valence-electron chi connectivity index (χ0n) is 15.4. The molecule has 0 N–H and O–H groups in total. The van der Waals surface area contributed by atoms with Crippen molar-refractivity contribution in [3.8, 4) is 11.1 Å². The summed E-state index contributed by atoms with van der Waals surface area (Å²) in [6.45, 7) is 3.80. The molecule has 2 atom stereocenters. The van der Waals surface area contributed by atoms with Crippen LogP contribution in [0.5, 0.6) is 0 Å². The Labute approximate surface area is 154 Å². The summed E-state index contributed by atoms with van der Waals surface area (Å²) in [4.78, 5) is 17.1. The van der Waals surface area contributed by atoms with Crippen molar-refractivity contribution in [1.29, 1.82) is 0 Å². The molecule has 2 heterocycles. The molecule has 0 saturated carbocycles. The predicted molar refractivity (Wildman–Crippen MR) is 101 cm³/mol. The minimum absolute atomic E-state index is 0.201. The molecule has 3 nitrogen and oxygen atoms in total. The molecule has 4 heteroatoms. The molecule has 26 heavy (non-hydrogen) atoms. The number of likely N-dealkylation sites (tertiary alicyclic amines) is 2. The third-order valence-electron chi connectivity index (χ3n) is 6.16. The van der Waals surface area contributed by atoms with Gasteiger partial charge >= 0.3 is 0 Å². The van der Waals surface area contributed by atoms with Crippen molar-refractivity contribution in [2.75, 3.05) is 20.1 Å². The Hall–Kier alpha value is -2.20. The van der Waals surface area contributed by atoms with Gasteiger partial charge in [0.05, 0.1) is 0 Å². The highest BCUT2D eigenvalue weighted by Crippen LogP contribution is 2.47. The van der Waals surface area contributed by atoms with Gasteiger partial charge in [0, 0.05) is 25.2 Å². The Bertz CT molecular complexity index is 836. The smallest absolute Gasteiger partial charge is 0.242 e. The van der Waals surface area contributed by atoms with Gasteiger partial charge < -0.3 is 4.90 Å². The number of nitrogens with zero attached hydrogens (tertiary/aromatic N) is 2. The number of hydrogen-bond acceptors (Lipinski definition) is 2. The Morgan fingerprint density at radius 2 is 1.96 bits per heavy atom. The van der Waals surface area contributed by atoms with Crippen LogP contribution in [0.3, 0.4) is 0 Å². The first kappa shape index (κ1) is 17.2. The maximum Gasteiger partial charge on any atom is 0.242 e. The van der Waals surface area contributed by atoms with Crippen molar-refractivity contribution in [2.24, 2.45) is 0 Å². The van der Waals surface area contributed by atoms with Gasteiger partial charge in [-0.25, -0.2) is 4.39 Å². The molecule has 0 radical (unpaired) electrons. The zero-order valence-corrected chi connectivity index (χ0v) is 15.4. The number of benzene rings is 2. The summed E-state index contributed by atoms with van der Waals surface area (Å²) < 4.78 is 14.2. The van der Waals surface area contributed by atoms with E-state index >= 15 is 0 Å². The van der Waals surface area contributed by atoms with Crippen LogP contribution in [0, 0.1) is 5.82 Å². The highest BCUT2D eigenvalue weighted by atomic mass is 19.1. The van der Waals surface area contributed by atoms with Crippen LogP contribution in [0.25, 0.3) is 11.1 Å². The van der Waals surface area contributed by atoms with E-state index in [9.17, 15) is 9.18 Å². The van der Waals surface area contributed by atoms with Gasteiger partial charge in [-0.15, -0.1) is 0 Å². The average molecular weight is 352 g/mol. The van der Waals surface area contributed by atoms with E-state index in [0.29, 0.717) is 5.56 Å². The molecule has 136 valence electrons. The fourth-order valence-corrected chi connectivity index (χ4v) is 4.87. The molecule has 2 aliphatic rings. The summed E-state index contributed by atoms with van der Waals surface area (Å²) in [5.74, 6) is 0.0552. The van der Waals surface area contributed by atoms with Crippen LogP contribution in [0.1, 0.15) is 37.8 Å². The van der Waals surface area contributed by atoms with E-state index < -0.39 is 0 Å². The van der Waals surface area contributed by atoms with E-state index in [-0.39, 0.29) is 23.3 Å². The number of carbonyl (C=O) groups is 1. The quantitative estimate of drug-likeness (QED) is 0.824. The summed E-state index contributed by atoms with van der Waals surface area (Å²) in [5.41, 5.74) is 2.35. The maximum atomic E-state index is 14.2. The second-order valence-electron chi connectivity index (χ2n) is 7.45. The van der Waals surface area contributed by atoms with Crippen LogP contribution in [0.15, 0.2) is 48.5 Å². The van der Waals surface area contributed by atoms with Crippen molar-refractivity contribution in [1.82, 2.24) is 9.80 Å². The number of hydrogen-bond donors (Lipinski definition) is 0. The number of rotatable bonds is 3. The molecule has 0 aromatic heterocycles. The SMILES string of the molecule is CCN1[C@H](c2cccc(-c3ccccc3F)c2)CC[C@@]12CCN(C)C2=O. The minimum atomic E-state index is -0.345. The first-order valence-electron chi connectivity index (χ1n) is 9.44. The average Bonchev–Trinajstić information content (AvgIpc) is 3.18. The predicted octanol–water partition coefficient (Wildman–Crippen LogP) is 4.25. The highest BCUT2D eigenvalue weighted by Gasteiger charge is 2.55. The second kappa shape index (κ2) is 6.51. The second-order valence-corrected chi connectivity index (χ2v) is 7.45. The summed E-state index contributed by atoms with van der Waals surface area (Å²) in [5, 5.41) is 0. The molecule has 1 spiro atoms. The van der Waals surface area contributed by atoms with Crippen molar-refractivity contribution >= 4 is 5.91 Å². The van der Waals surface area contributed by atoms with Gasteiger partial charge in [0.25, 0.3) is 0 Å². The summed E-state index contributed by atoms with van der Waals surface area (Å²) in [6, 6.07) is 15.3. The van der Waals surface area contributed by atoms with Gasteiger partial charge in [-0.1, -0.05) is 43.3 Å². The van der Waals surface area contributed by atoms with E-state index in [0.717, 1.165) is 37.9 Å². The first-order chi connectivity index (χ1) is 12.6. The molecule has 4 rings (SSSR count). The van der Waals surface area contributed by atoms with E-state index in [4.69, 9.17) is 0 Å². The highest BCUT2D eigenvalue weighted by molar-refractivity contribution is 5.88. The molecule has 2 saturated heterocycles. The van der Waals surface area contributed by atoms with Gasteiger partial charge in [0.1, 0.15) is 11.4 Å². The van der Waals surface area contributed by atoms with Crippen molar-refractivity contribution in [3.05, 3.63) is 59.9 Å². The minimum Gasteiger partial charge on any atom is -0.344 e. The largest absolute Gasteiger partial charge is 0.344 e. The normalized spacial score (nSPS) is 26.2. The van der Waals surface area contributed by atoms with Crippen LogP contribution in [-0.2, 0) is 4.79 Å². The fraction of sp³-hybridized carbons (Fsp3) is 0.409. The topological polar surface area (TPSA) is 23.6 Å². The lowest BCUT2D eigenvalue weighted by molar-refractivity contribution is -0.136. The molecule has 2 fully saturated rings. The van der Waals surface area contributed by atoms with Crippen LogP contribution in [0.4, 0.5) is 4.39 Å². The molecule has 2 aliphatic heterocycles. The summed E-state index contributed by atoms with van der Waals surface area (Å²) in [7, 11) is 1.90. The van der Waals surface area contributed by atoms with Crippen LogP contribution < -0.4 is 0 Å². The lowest BCUT2D eigenvalue weighted by Gasteiger charge is -2.36. The Balaban J connectivity index is 1.69. The van der Waals surface area contributed by atoms with Gasteiger partial charge in [0.2, 0.25) is 5.91 Å². The summed E-state index contributed by atoms with van der Waals surface area (Å²) in [6.07, 6.45) is 2.77. The third-order valence-corrected chi connectivity index (χ3v) is 6.16. The monoisotopic (exact) mass is 352 g/mol. The van der Waals surface area contributed by atoms with Crippen molar-refractivity contribution in [3.63, 3.8) is 0 Å². The van der Waals surface area contributed by atoms with E-state index in [1.54, 1.807) is 6.07 Å². The van der Waals surface area contributed by atoms with Gasteiger partial charge in [-0.2, -0.15) is 0 Å². The summed E-state index contributed by atoms with van der Waals surface area (Å²) >= 11 is 0. The van der Waals surface area contributed by atoms with Crippen LogP contribution >= 0.6 is 0 Å². The van der Waals surface area contributed by atoms with E-state index in [1.807, 2.05) is 36.2 Å². The standard InChI is InChI=1S/C22H25FN2O/c1-3-25-20(11-12-22(25)13-14-24(2)21(22)26)17-8-6-7-16(15-17)18-9-4-5-10-19(18)23/h4-10,15,20H,3,11-14H2,1-2H3/t20-,22-/m0/s1. The van der Waals surface area contributed by atoms with Crippen LogP contribution in [0.2, 0.25) is 0 Å². The van der Waals surface area contributed by atoms with Gasteiger partial charge in [-0.05, 0) is 49.1 Å². The molecular weight excluding hydrogens is 327 g/mol. The Kier molecular flexibility index (Phi) is 4.31. The third kappa shape index (κ3) is 2.55. The molecule has 0 unspecified atom stereocenters. The number of likely N-dealkylation sites (N-methyl/N-ethyl adjacent to an activating group) is 2.